The third kappa shape index (κ3) is 7.66. The Hall–Kier alpha value is -0.606. The van der Waals surface area contributed by atoms with Crippen LogP contribution in [0.2, 0.25) is 26.2 Å². The monoisotopic (exact) mass is 502 g/mol. The third-order valence-electron chi connectivity index (χ3n) is 3.32. The van der Waals surface area contributed by atoms with Crippen LogP contribution in [0.1, 0.15) is 0 Å². The second kappa shape index (κ2) is 8.86. The lowest BCUT2D eigenvalue weighted by Crippen LogP contribution is -2.51. The standard InChI is InChI=1S/C18H24Br2O3Si2/c1-24(2,13-21-17-9-5-7-15(19)11-17)23-25(3,4)14-22-18-10-6-8-16(20)12-18/h5-12H,13-14H2,1-4H3. The molecule has 0 spiro atoms. The van der Waals surface area contributed by atoms with Crippen LogP contribution < -0.4 is 9.47 Å². The molecule has 0 atom stereocenters. The second-order valence-corrected chi connectivity index (χ2v) is 17.4. The number of hydrogen-bond acceptors (Lipinski definition) is 3. The zero-order valence-electron chi connectivity index (χ0n) is 15.0. The van der Waals surface area contributed by atoms with Crippen LogP contribution in [0.4, 0.5) is 0 Å². The predicted molar refractivity (Wildman–Crippen MR) is 115 cm³/mol. The van der Waals surface area contributed by atoms with Crippen molar-refractivity contribution in [3.05, 3.63) is 57.5 Å². The molecule has 7 heteroatoms. The molecule has 0 N–H and O–H groups in total. The first-order valence-electron chi connectivity index (χ1n) is 8.12. The Morgan fingerprint density at radius 2 is 1.12 bits per heavy atom. The van der Waals surface area contributed by atoms with Crippen LogP contribution in [0.15, 0.2) is 57.5 Å². The van der Waals surface area contributed by atoms with E-state index in [2.05, 4.69) is 58.0 Å². The molecule has 0 fully saturated rings. The zero-order chi connectivity index (χ0) is 18.5. The smallest absolute Gasteiger partial charge is 0.213 e. The van der Waals surface area contributed by atoms with E-state index in [1.54, 1.807) is 0 Å². The first-order valence-corrected chi connectivity index (χ1v) is 15.9. The highest BCUT2D eigenvalue weighted by atomic mass is 79.9. The van der Waals surface area contributed by atoms with Gasteiger partial charge in [0.25, 0.3) is 0 Å². The van der Waals surface area contributed by atoms with Crippen LogP contribution in [0, 0.1) is 0 Å². The predicted octanol–water partition coefficient (Wildman–Crippen LogP) is 6.17. The fourth-order valence-corrected chi connectivity index (χ4v) is 10.7. The summed E-state index contributed by atoms with van der Waals surface area (Å²) in [7, 11) is -3.91. The largest absolute Gasteiger partial charge is 0.494 e. The van der Waals surface area contributed by atoms with Crippen molar-refractivity contribution in [1.82, 2.24) is 0 Å². The number of benzene rings is 2. The third-order valence-corrected chi connectivity index (χ3v) is 10.4. The quantitative estimate of drug-likeness (QED) is 0.403. The molecule has 0 aliphatic heterocycles. The molecule has 0 heterocycles. The average Bonchev–Trinajstić information content (AvgIpc) is 2.51. The van der Waals surface area contributed by atoms with Gasteiger partial charge in [-0.25, -0.2) is 0 Å². The minimum absolute atomic E-state index is 0.622. The number of hydrogen-bond donors (Lipinski definition) is 0. The van der Waals surface area contributed by atoms with Gasteiger partial charge in [0, 0.05) is 8.95 Å². The zero-order valence-corrected chi connectivity index (χ0v) is 20.2. The van der Waals surface area contributed by atoms with Gasteiger partial charge in [-0.1, -0.05) is 44.0 Å². The van der Waals surface area contributed by atoms with Crippen molar-refractivity contribution in [2.75, 3.05) is 12.5 Å². The van der Waals surface area contributed by atoms with Gasteiger partial charge in [-0.15, -0.1) is 0 Å². The molecule has 0 bridgehead atoms. The Balaban J connectivity index is 1.88. The van der Waals surface area contributed by atoms with Gasteiger partial charge < -0.3 is 13.6 Å². The normalized spacial score (nSPS) is 12.1. The molecule has 25 heavy (non-hydrogen) atoms. The lowest BCUT2D eigenvalue weighted by molar-refractivity contribution is 0.329. The Bertz CT molecular complexity index is 649. The summed E-state index contributed by atoms with van der Waals surface area (Å²) in [6, 6.07) is 15.8. The number of halogens is 2. The average molecular weight is 504 g/mol. The summed E-state index contributed by atoms with van der Waals surface area (Å²) in [5.41, 5.74) is 0. The maximum absolute atomic E-state index is 6.53. The molecule has 2 aromatic rings. The van der Waals surface area contributed by atoms with Crippen molar-refractivity contribution in [1.29, 1.82) is 0 Å². The molecule has 0 radical (unpaired) electrons. The Morgan fingerprint density at radius 3 is 1.48 bits per heavy atom. The highest BCUT2D eigenvalue weighted by Crippen LogP contribution is 2.22. The lowest BCUT2D eigenvalue weighted by Gasteiger charge is -2.33. The molecule has 3 nitrogen and oxygen atoms in total. The van der Waals surface area contributed by atoms with E-state index in [-0.39, 0.29) is 0 Å². The van der Waals surface area contributed by atoms with Crippen molar-refractivity contribution < 1.29 is 13.6 Å². The molecule has 136 valence electrons. The minimum Gasteiger partial charge on any atom is -0.494 e. The highest BCUT2D eigenvalue weighted by Gasteiger charge is 2.34. The van der Waals surface area contributed by atoms with E-state index >= 15 is 0 Å². The maximum Gasteiger partial charge on any atom is 0.213 e. The molecule has 0 aliphatic rings. The summed E-state index contributed by atoms with van der Waals surface area (Å²) < 4.78 is 20.5. The summed E-state index contributed by atoms with van der Waals surface area (Å²) in [5, 5.41) is 0. The van der Waals surface area contributed by atoms with E-state index in [0.717, 1.165) is 20.4 Å². The molecule has 0 amide bonds. The van der Waals surface area contributed by atoms with Gasteiger partial charge >= 0.3 is 0 Å². The van der Waals surface area contributed by atoms with E-state index in [1.165, 1.54) is 0 Å². The van der Waals surface area contributed by atoms with Gasteiger partial charge in [-0.2, -0.15) is 0 Å². The van der Waals surface area contributed by atoms with Gasteiger partial charge in [0.2, 0.25) is 16.6 Å². The highest BCUT2D eigenvalue weighted by molar-refractivity contribution is 9.10. The molecule has 0 saturated carbocycles. The molecule has 0 aromatic heterocycles. The van der Waals surface area contributed by atoms with Gasteiger partial charge in [0.05, 0.1) is 0 Å². The summed E-state index contributed by atoms with van der Waals surface area (Å²) in [6.07, 6.45) is 1.24. The van der Waals surface area contributed by atoms with E-state index < -0.39 is 16.6 Å². The Morgan fingerprint density at radius 1 is 0.720 bits per heavy atom. The van der Waals surface area contributed by atoms with Gasteiger partial charge in [-0.3, -0.25) is 0 Å². The first kappa shape index (κ1) is 20.7. The lowest BCUT2D eigenvalue weighted by atomic mass is 10.3. The molecule has 0 aliphatic carbocycles. The van der Waals surface area contributed by atoms with Crippen LogP contribution in [0.5, 0.6) is 11.5 Å². The molecule has 0 unspecified atom stereocenters. The van der Waals surface area contributed by atoms with E-state index in [0.29, 0.717) is 12.5 Å². The van der Waals surface area contributed by atoms with Crippen LogP contribution in [0.3, 0.4) is 0 Å². The van der Waals surface area contributed by atoms with Gasteiger partial charge in [-0.05, 0) is 62.6 Å². The topological polar surface area (TPSA) is 27.7 Å². The van der Waals surface area contributed by atoms with Crippen LogP contribution in [-0.4, -0.2) is 29.1 Å². The van der Waals surface area contributed by atoms with Crippen LogP contribution in [0.25, 0.3) is 0 Å². The van der Waals surface area contributed by atoms with E-state index in [1.807, 2.05) is 48.5 Å². The number of ether oxygens (including phenoxy) is 2. The molecular weight excluding hydrogens is 480 g/mol. The van der Waals surface area contributed by atoms with Crippen molar-refractivity contribution in [2.24, 2.45) is 0 Å². The van der Waals surface area contributed by atoms with Crippen LogP contribution >= 0.6 is 31.9 Å². The van der Waals surface area contributed by atoms with Crippen molar-refractivity contribution in [2.45, 2.75) is 26.2 Å². The molecule has 2 rings (SSSR count). The molecule has 2 aromatic carbocycles. The second-order valence-electron chi connectivity index (χ2n) is 7.11. The van der Waals surface area contributed by atoms with Crippen LogP contribution in [-0.2, 0) is 4.12 Å². The molecular formula is C18H24Br2O3Si2. The SMILES string of the molecule is C[Si](C)(COc1cccc(Br)c1)O[Si](C)(C)COc1cccc(Br)c1. The fraction of sp³-hybridized carbons (Fsp3) is 0.333. The summed E-state index contributed by atoms with van der Waals surface area (Å²) in [6.45, 7) is 8.77. The van der Waals surface area contributed by atoms with E-state index in [4.69, 9.17) is 13.6 Å². The first-order chi connectivity index (χ1) is 11.7. The van der Waals surface area contributed by atoms with Gasteiger partial charge in [0.15, 0.2) is 0 Å². The molecule has 0 saturated heterocycles. The van der Waals surface area contributed by atoms with Gasteiger partial charge in [0.1, 0.15) is 24.0 Å². The van der Waals surface area contributed by atoms with Crippen molar-refractivity contribution in [3.8, 4) is 11.5 Å². The summed E-state index contributed by atoms with van der Waals surface area (Å²) >= 11 is 6.93. The van der Waals surface area contributed by atoms with Crippen molar-refractivity contribution in [3.63, 3.8) is 0 Å². The summed E-state index contributed by atoms with van der Waals surface area (Å²) in [5.74, 6) is 1.73. The van der Waals surface area contributed by atoms with E-state index in [9.17, 15) is 0 Å². The maximum atomic E-state index is 6.53. The summed E-state index contributed by atoms with van der Waals surface area (Å²) in [4.78, 5) is 0. The van der Waals surface area contributed by atoms with Crippen molar-refractivity contribution >= 4 is 48.5 Å². The fourth-order valence-electron chi connectivity index (χ4n) is 2.43. The Labute approximate surface area is 169 Å². The minimum atomic E-state index is -1.95. The Kier molecular flexibility index (Phi) is 7.33. The number of rotatable bonds is 8.